The molecule has 3 rings (SSSR count). The Labute approximate surface area is 205 Å². The monoisotopic (exact) mass is 470 g/mol. The molecule has 1 saturated heterocycles. The molecule has 1 fully saturated rings. The van der Waals surface area contributed by atoms with Gasteiger partial charge in [-0.1, -0.05) is 46.6 Å². The van der Waals surface area contributed by atoms with E-state index in [-0.39, 0.29) is 11.7 Å². The molecular formula is C28H42N2O4. The summed E-state index contributed by atoms with van der Waals surface area (Å²) in [7, 11) is 1.64. The van der Waals surface area contributed by atoms with Crippen molar-refractivity contribution >= 4 is 22.7 Å². The largest absolute Gasteiger partial charge is 0.451 e. The number of carbonyl (C=O) groups excluding carboxylic acids is 2. The van der Waals surface area contributed by atoms with Crippen LogP contribution in [0.3, 0.4) is 0 Å². The van der Waals surface area contributed by atoms with Crippen LogP contribution >= 0.6 is 0 Å². The minimum absolute atomic E-state index is 0.0637. The van der Waals surface area contributed by atoms with E-state index >= 15 is 0 Å². The second-order valence-corrected chi connectivity index (χ2v) is 8.31. The molecule has 34 heavy (non-hydrogen) atoms. The van der Waals surface area contributed by atoms with Crippen molar-refractivity contribution in [1.29, 1.82) is 0 Å². The standard InChI is InChI=1S/C17H29NO2.C9H7NO2.C2H6/c1-5-6-7-15-8-11-18(12-9-15)17(19)16(14(2)3)10-13-20-4;1-6(11)8-4-7-2-3-10-5-9(7)12-8;1-2/h10,15H,2,5-9,11-13H2,1,3-4H3;2-5H,1H3;1-2H3/b16-10+;;. The fourth-order valence-electron chi connectivity index (χ4n) is 3.76. The first-order chi connectivity index (χ1) is 16.4. The van der Waals surface area contributed by atoms with Crippen LogP contribution in [0.1, 0.15) is 77.3 Å². The number of hydrogen-bond donors (Lipinski definition) is 0. The molecule has 0 spiro atoms. The van der Waals surface area contributed by atoms with Crippen LogP contribution in [0.4, 0.5) is 0 Å². The number of methoxy groups -OCH3 is 1. The van der Waals surface area contributed by atoms with Crippen LogP contribution in [0.25, 0.3) is 11.0 Å². The first kappa shape index (κ1) is 29.3. The summed E-state index contributed by atoms with van der Waals surface area (Å²) >= 11 is 0. The lowest BCUT2D eigenvalue weighted by Crippen LogP contribution is -2.39. The maximum Gasteiger partial charge on any atom is 0.253 e. The van der Waals surface area contributed by atoms with E-state index in [0.717, 1.165) is 42.8 Å². The lowest BCUT2D eigenvalue weighted by Gasteiger charge is -2.32. The number of piperidine rings is 1. The van der Waals surface area contributed by atoms with Crippen LogP contribution in [0.2, 0.25) is 0 Å². The first-order valence-electron chi connectivity index (χ1n) is 12.4. The number of furan rings is 1. The van der Waals surface area contributed by atoms with Gasteiger partial charge in [0.05, 0.1) is 12.8 Å². The summed E-state index contributed by atoms with van der Waals surface area (Å²) in [6, 6.07) is 3.53. The van der Waals surface area contributed by atoms with Crippen LogP contribution in [0.15, 0.2) is 52.7 Å². The SMILES string of the molecule is C=C(C)/C(=C\COC)C(=O)N1CCC(CCCC)CC1.CC.CC(=O)c1cc2ccncc2o1. The fraction of sp³-hybridized carbons (Fsp3) is 0.536. The normalized spacial score (nSPS) is 14.1. The molecule has 6 nitrogen and oxygen atoms in total. The fourth-order valence-corrected chi connectivity index (χ4v) is 3.76. The lowest BCUT2D eigenvalue weighted by molar-refractivity contribution is -0.128. The van der Waals surface area contributed by atoms with Crippen LogP contribution < -0.4 is 0 Å². The number of unbranched alkanes of at least 4 members (excludes halogenated alkanes) is 1. The van der Waals surface area contributed by atoms with E-state index in [1.807, 2.05) is 37.8 Å². The molecule has 0 bridgehead atoms. The van der Waals surface area contributed by atoms with Gasteiger partial charge in [-0.05, 0) is 49.5 Å². The summed E-state index contributed by atoms with van der Waals surface area (Å²) in [6.45, 7) is 15.7. The van der Waals surface area contributed by atoms with Crippen molar-refractivity contribution in [2.24, 2.45) is 5.92 Å². The van der Waals surface area contributed by atoms with Gasteiger partial charge in [0.25, 0.3) is 5.91 Å². The minimum Gasteiger partial charge on any atom is -0.451 e. The molecule has 2 aromatic heterocycles. The highest BCUT2D eigenvalue weighted by Crippen LogP contribution is 2.24. The van der Waals surface area contributed by atoms with Gasteiger partial charge in [0.1, 0.15) is 0 Å². The van der Waals surface area contributed by atoms with Crippen molar-refractivity contribution in [2.45, 2.75) is 66.7 Å². The highest BCUT2D eigenvalue weighted by molar-refractivity contribution is 5.97. The number of ketones is 1. The lowest BCUT2D eigenvalue weighted by atomic mass is 9.91. The summed E-state index contributed by atoms with van der Waals surface area (Å²) in [6.07, 6.45) is 11.3. The molecule has 2 aromatic rings. The second-order valence-electron chi connectivity index (χ2n) is 8.31. The zero-order valence-corrected chi connectivity index (χ0v) is 21.9. The summed E-state index contributed by atoms with van der Waals surface area (Å²) in [5.74, 6) is 1.24. The minimum atomic E-state index is -0.0637. The number of amides is 1. The third-order valence-electron chi connectivity index (χ3n) is 5.68. The Hall–Kier alpha value is -2.73. The second kappa shape index (κ2) is 16.0. The van der Waals surface area contributed by atoms with Crippen LogP contribution in [0, 0.1) is 5.92 Å². The molecule has 0 aromatic carbocycles. The maximum atomic E-state index is 12.5. The molecule has 0 radical (unpaired) electrons. The van der Waals surface area contributed by atoms with Crippen LogP contribution in [-0.2, 0) is 9.53 Å². The van der Waals surface area contributed by atoms with E-state index in [1.54, 1.807) is 25.6 Å². The van der Waals surface area contributed by atoms with Gasteiger partial charge in [-0.3, -0.25) is 14.6 Å². The summed E-state index contributed by atoms with van der Waals surface area (Å²) in [5, 5.41) is 0.912. The van der Waals surface area contributed by atoms with E-state index in [4.69, 9.17) is 9.15 Å². The molecule has 0 atom stereocenters. The highest BCUT2D eigenvalue weighted by atomic mass is 16.5. The Balaban J connectivity index is 0.000000349. The van der Waals surface area contributed by atoms with Gasteiger partial charge < -0.3 is 14.1 Å². The van der Waals surface area contributed by atoms with Crippen LogP contribution in [0.5, 0.6) is 0 Å². The zero-order valence-electron chi connectivity index (χ0n) is 21.9. The molecule has 1 amide bonds. The highest BCUT2D eigenvalue weighted by Gasteiger charge is 2.24. The molecule has 0 saturated carbocycles. The van der Waals surface area contributed by atoms with Crippen molar-refractivity contribution in [3.05, 3.63) is 54.1 Å². The van der Waals surface area contributed by atoms with Gasteiger partial charge in [0, 0.05) is 44.3 Å². The number of ether oxygens (including phenoxy) is 1. The molecule has 0 aliphatic carbocycles. The van der Waals surface area contributed by atoms with Gasteiger partial charge in [-0.25, -0.2) is 0 Å². The summed E-state index contributed by atoms with van der Waals surface area (Å²) in [5.41, 5.74) is 2.18. The van der Waals surface area contributed by atoms with Crippen LogP contribution in [-0.4, -0.2) is 48.4 Å². The number of rotatable bonds is 8. The van der Waals surface area contributed by atoms with E-state index in [1.165, 1.54) is 26.2 Å². The Morgan fingerprint density at radius 3 is 2.47 bits per heavy atom. The van der Waals surface area contributed by atoms with Gasteiger partial charge in [-0.15, -0.1) is 0 Å². The molecule has 0 unspecified atom stereocenters. The third kappa shape index (κ3) is 9.26. The van der Waals surface area contributed by atoms with Crippen molar-refractivity contribution in [3.8, 4) is 0 Å². The number of carbonyl (C=O) groups is 2. The Morgan fingerprint density at radius 2 is 1.94 bits per heavy atom. The number of Topliss-reactive ketones (excluding diaryl/α,β-unsaturated/α-hetero) is 1. The zero-order chi connectivity index (χ0) is 25.5. The number of likely N-dealkylation sites (tertiary alicyclic amines) is 1. The van der Waals surface area contributed by atoms with Crippen molar-refractivity contribution in [1.82, 2.24) is 9.88 Å². The quantitative estimate of drug-likeness (QED) is 0.246. The number of nitrogens with zero attached hydrogens (tertiary/aromatic N) is 2. The molecule has 3 heterocycles. The van der Waals surface area contributed by atoms with Gasteiger partial charge in [0.2, 0.25) is 0 Å². The van der Waals surface area contributed by atoms with Crippen molar-refractivity contribution in [2.75, 3.05) is 26.8 Å². The van der Waals surface area contributed by atoms with Crippen molar-refractivity contribution < 1.29 is 18.7 Å². The van der Waals surface area contributed by atoms with Crippen molar-refractivity contribution in [3.63, 3.8) is 0 Å². The Morgan fingerprint density at radius 1 is 1.26 bits per heavy atom. The predicted octanol–water partition coefficient (Wildman–Crippen LogP) is 6.62. The molecular weight excluding hydrogens is 428 g/mol. The molecule has 188 valence electrons. The number of fused-ring (bicyclic) bond motifs is 1. The first-order valence-corrected chi connectivity index (χ1v) is 12.4. The predicted molar refractivity (Wildman–Crippen MR) is 139 cm³/mol. The maximum absolute atomic E-state index is 12.5. The Kier molecular flexibility index (Phi) is 13.8. The number of pyridine rings is 1. The number of hydrogen-bond acceptors (Lipinski definition) is 5. The van der Waals surface area contributed by atoms with E-state index in [9.17, 15) is 9.59 Å². The summed E-state index contributed by atoms with van der Waals surface area (Å²) < 4.78 is 10.3. The molecule has 6 heteroatoms. The molecule has 0 N–H and O–H groups in total. The average molecular weight is 471 g/mol. The van der Waals surface area contributed by atoms with Gasteiger partial charge >= 0.3 is 0 Å². The number of aromatic nitrogens is 1. The Bertz CT molecular complexity index is 904. The van der Waals surface area contributed by atoms with E-state index < -0.39 is 0 Å². The average Bonchev–Trinajstić information content (AvgIpc) is 3.29. The smallest absolute Gasteiger partial charge is 0.253 e. The van der Waals surface area contributed by atoms with E-state index in [2.05, 4.69) is 18.5 Å². The topological polar surface area (TPSA) is 72.6 Å². The van der Waals surface area contributed by atoms with Gasteiger partial charge in [0.15, 0.2) is 17.1 Å². The third-order valence-corrected chi connectivity index (χ3v) is 5.68. The summed E-state index contributed by atoms with van der Waals surface area (Å²) in [4.78, 5) is 29.3. The van der Waals surface area contributed by atoms with E-state index in [0.29, 0.717) is 23.5 Å². The molecule has 1 aliphatic rings. The molecule has 1 aliphatic heterocycles. The van der Waals surface area contributed by atoms with Gasteiger partial charge in [-0.2, -0.15) is 0 Å².